The second-order valence-electron chi connectivity index (χ2n) is 6.61. The summed E-state index contributed by atoms with van der Waals surface area (Å²) in [5.41, 5.74) is 3.39. The van der Waals surface area contributed by atoms with Crippen LogP contribution in [0.5, 0.6) is 0 Å². The minimum absolute atomic E-state index is 0.405. The number of nitrogens with two attached hydrogens (primary N) is 1. The Kier molecular flexibility index (Phi) is 5.90. The van der Waals surface area contributed by atoms with E-state index in [1.54, 1.807) is 0 Å². The summed E-state index contributed by atoms with van der Waals surface area (Å²) >= 11 is 0. The summed E-state index contributed by atoms with van der Waals surface area (Å²) < 4.78 is 5.59. The highest BCUT2D eigenvalue weighted by atomic mass is 16.5. The Morgan fingerprint density at radius 3 is 2.47 bits per heavy atom. The molecular weight excluding hydrogens is 212 g/mol. The van der Waals surface area contributed by atoms with Crippen molar-refractivity contribution >= 4 is 0 Å². The van der Waals surface area contributed by atoms with Crippen LogP contribution in [0.1, 0.15) is 59.8 Å². The van der Waals surface area contributed by atoms with E-state index >= 15 is 0 Å². The first kappa shape index (κ1) is 14.9. The van der Waals surface area contributed by atoms with Crippen molar-refractivity contribution in [1.82, 2.24) is 5.43 Å². The van der Waals surface area contributed by atoms with Crippen LogP contribution in [0.4, 0.5) is 0 Å². The van der Waals surface area contributed by atoms with Crippen LogP contribution < -0.4 is 11.3 Å². The molecule has 1 rings (SSSR count). The fourth-order valence-electron chi connectivity index (χ4n) is 2.52. The summed E-state index contributed by atoms with van der Waals surface area (Å²) in [6, 6.07) is 0.474. The maximum absolute atomic E-state index is 5.64. The first-order valence-electron chi connectivity index (χ1n) is 7.02. The highest BCUT2D eigenvalue weighted by molar-refractivity contribution is 4.84. The van der Waals surface area contributed by atoms with Gasteiger partial charge in [-0.1, -0.05) is 20.8 Å². The molecule has 102 valence electrons. The molecule has 0 aromatic carbocycles. The van der Waals surface area contributed by atoms with Gasteiger partial charge in [0, 0.05) is 12.6 Å². The molecular formula is C14H30N2O. The van der Waals surface area contributed by atoms with E-state index in [-0.39, 0.29) is 0 Å². The molecule has 0 saturated heterocycles. The Hall–Kier alpha value is -0.120. The fraction of sp³-hybridized carbons (Fsp3) is 1.00. The molecule has 17 heavy (non-hydrogen) atoms. The second kappa shape index (κ2) is 6.72. The van der Waals surface area contributed by atoms with Crippen LogP contribution in [-0.2, 0) is 4.74 Å². The summed E-state index contributed by atoms with van der Waals surface area (Å²) in [7, 11) is 0. The van der Waals surface area contributed by atoms with Crippen molar-refractivity contribution in [2.75, 3.05) is 6.61 Å². The lowest BCUT2D eigenvalue weighted by molar-refractivity contribution is -0.0294. The topological polar surface area (TPSA) is 47.3 Å². The summed E-state index contributed by atoms with van der Waals surface area (Å²) in [6.45, 7) is 9.78. The van der Waals surface area contributed by atoms with Gasteiger partial charge in [-0.2, -0.15) is 0 Å². The molecule has 1 aliphatic rings. The predicted molar refractivity (Wildman–Crippen MR) is 72.6 cm³/mol. The molecule has 3 heteroatoms. The highest BCUT2D eigenvalue weighted by Crippen LogP contribution is 2.34. The fourth-order valence-corrected chi connectivity index (χ4v) is 2.52. The van der Waals surface area contributed by atoms with Gasteiger partial charge in [0.1, 0.15) is 0 Å². The molecule has 0 radical (unpaired) electrons. The van der Waals surface area contributed by atoms with Crippen LogP contribution in [-0.4, -0.2) is 18.8 Å². The predicted octanol–water partition coefficient (Wildman–Crippen LogP) is 2.85. The van der Waals surface area contributed by atoms with E-state index in [4.69, 9.17) is 10.6 Å². The van der Waals surface area contributed by atoms with Crippen molar-refractivity contribution in [1.29, 1.82) is 0 Å². The van der Waals surface area contributed by atoms with E-state index < -0.39 is 0 Å². The standard InChI is InChI=1S/C14H30N2O/c1-5-17-13-9-11(10-13)8-12(16-15)6-7-14(2,3)4/h11-13,16H,5-10,15H2,1-4H3. The molecule has 1 unspecified atom stereocenters. The first-order chi connectivity index (χ1) is 7.94. The largest absolute Gasteiger partial charge is 0.378 e. The quantitative estimate of drug-likeness (QED) is 0.533. The number of hydrogen-bond donors (Lipinski definition) is 2. The monoisotopic (exact) mass is 242 g/mol. The van der Waals surface area contributed by atoms with Gasteiger partial charge in [0.25, 0.3) is 0 Å². The Balaban J connectivity index is 2.16. The molecule has 0 aromatic heterocycles. The van der Waals surface area contributed by atoms with Crippen molar-refractivity contribution in [2.24, 2.45) is 17.2 Å². The molecule has 1 fully saturated rings. The van der Waals surface area contributed by atoms with Gasteiger partial charge in [-0.05, 0) is 50.4 Å². The van der Waals surface area contributed by atoms with E-state index in [0.29, 0.717) is 17.6 Å². The molecule has 3 nitrogen and oxygen atoms in total. The van der Waals surface area contributed by atoms with Crippen LogP contribution in [0, 0.1) is 11.3 Å². The zero-order chi connectivity index (χ0) is 12.9. The Labute approximate surface area is 106 Å². The van der Waals surface area contributed by atoms with Crippen molar-refractivity contribution < 1.29 is 4.74 Å². The smallest absolute Gasteiger partial charge is 0.0580 e. The van der Waals surface area contributed by atoms with Crippen LogP contribution in [0.25, 0.3) is 0 Å². The number of rotatable bonds is 7. The summed E-state index contributed by atoms with van der Waals surface area (Å²) in [5.74, 6) is 6.45. The third-order valence-electron chi connectivity index (χ3n) is 3.69. The molecule has 0 bridgehead atoms. The van der Waals surface area contributed by atoms with Crippen LogP contribution >= 0.6 is 0 Å². The lowest BCUT2D eigenvalue weighted by Crippen LogP contribution is -2.41. The average Bonchev–Trinajstić information content (AvgIpc) is 2.18. The van der Waals surface area contributed by atoms with Crippen LogP contribution in [0.2, 0.25) is 0 Å². The molecule has 0 aromatic rings. The molecule has 1 atom stereocenters. The molecule has 0 spiro atoms. The molecule has 0 amide bonds. The van der Waals surface area contributed by atoms with E-state index in [0.717, 1.165) is 12.5 Å². The summed E-state index contributed by atoms with van der Waals surface area (Å²) in [4.78, 5) is 0. The van der Waals surface area contributed by atoms with Gasteiger partial charge in [-0.25, -0.2) is 0 Å². The number of ether oxygens (including phenoxy) is 1. The van der Waals surface area contributed by atoms with Crippen molar-refractivity contribution in [2.45, 2.75) is 71.9 Å². The SMILES string of the molecule is CCOC1CC(CC(CCC(C)(C)C)NN)C1. The van der Waals surface area contributed by atoms with Crippen LogP contribution in [0.15, 0.2) is 0 Å². The van der Waals surface area contributed by atoms with Crippen molar-refractivity contribution in [3.05, 3.63) is 0 Å². The summed E-state index contributed by atoms with van der Waals surface area (Å²) in [6.07, 6.45) is 6.57. The van der Waals surface area contributed by atoms with E-state index in [1.165, 1.54) is 32.1 Å². The van der Waals surface area contributed by atoms with Gasteiger partial charge < -0.3 is 4.74 Å². The minimum Gasteiger partial charge on any atom is -0.378 e. The first-order valence-corrected chi connectivity index (χ1v) is 7.02. The number of nitrogens with one attached hydrogen (secondary N) is 1. The van der Waals surface area contributed by atoms with E-state index in [1.807, 2.05) is 0 Å². The molecule has 1 saturated carbocycles. The maximum atomic E-state index is 5.64. The summed E-state index contributed by atoms with van der Waals surface area (Å²) in [5, 5.41) is 0. The number of hydrogen-bond acceptors (Lipinski definition) is 3. The minimum atomic E-state index is 0.405. The lowest BCUT2D eigenvalue weighted by atomic mass is 9.77. The van der Waals surface area contributed by atoms with E-state index in [2.05, 4.69) is 33.1 Å². The maximum Gasteiger partial charge on any atom is 0.0580 e. The normalized spacial score (nSPS) is 26.6. The van der Waals surface area contributed by atoms with Gasteiger partial charge in [0.05, 0.1) is 6.10 Å². The Morgan fingerprint density at radius 1 is 1.35 bits per heavy atom. The van der Waals surface area contributed by atoms with Crippen molar-refractivity contribution in [3.63, 3.8) is 0 Å². The van der Waals surface area contributed by atoms with Gasteiger partial charge in [-0.15, -0.1) is 0 Å². The third-order valence-corrected chi connectivity index (χ3v) is 3.69. The number of hydrazine groups is 1. The van der Waals surface area contributed by atoms with E-state index in [9.17, 15) is 0 Å². The molecule has 0 heterocycles. The van der Waals surface area contributed by atoms with Gasteiger partial charge in [-0.3, -0.25) is 11.3 Å². The van der Waals surface area contributed by atoms with Gasteiger partial charge >= 0.3 is 0 Å². The lowest BCUT2D eigenvalue weighted by Gasteiger charge is -2.37. The Bertz CT molecular complexity index is 207. The average molecular weight is 242 g/mol. The Morgan fingerprint density at radius 2 is 2.00 bits per heavy atom. The third kappa shape index (κ3) is 5.84. The zero-order valence-electron chi connectivity index (χ0n) is 12.0. The van der Waals surface area contributed by atoms with Crippen molar-refractivity contribution in [3.8, 4) is 0 Å². The molecule has 3 N–H and O–H groups in total. The van der Waals surface area contributed by atoms with Gasteiger partial charge in [0.2, 0.25) is 0 Å². The zero-order valence-corrected chi connectivity index (χ0v) is 12.0. The highest BCUT2D eigenvalue weighted by Gasteiger charge is 2.31. The second-order valence-corrected chi connectivity index (χ2v) is 6.61. The van der Waals surface area contributed by atoms with Crippen LogP contribution in [0.3, 0.4) is 0 Å². The molecule has 0 aliphatic heterocycles. The van der Waals surface area contributed by atoms with Gasteiger partial charge in [0.15, 0.2) is 0 Å². The molecule has 1 aliphatic carbocycles.